The van der Waals surface area contributed by atoms with E-state index in [9.17, 15) is 19.2 Å². The number of esters is 1. The Morgan fingerprint density at radius 3 is 2.39 bits per heavy atom. The number of anilines is 3. The van der Waals surface area contributed by atoms with Crippen LogP contribution in [0, 0.1) is 12.8 Å². The lowest BCUT2D eigenvalue weighted by Gasteiger charge is -2.39. The van der Waals surface area contributed by atoms with Crippen LogP contribution in [0.1, 0.15) is 95.6 Å². The second-order valence-corrected chi connectivity index (χ2v) is 22.7. The maximum absolute atomic E-state index is 14.1. The number of piperazine rings is 1. The molecule has 11 rings (SSSR count). The van der Waals surface area contributed by atoms with Crippen LogP contribution in [-0.2, 0) is 34.3 Å². The molecule has 0 spiro atoms. The van der Waals surface area contributed by atoms with E-state index in [0.29, 0.717) is 67.0 Å². The number of hydrogen-bond donors (Lipinski definition) is 2. The molecule has 4 aliphatic heterocycles. The lowest BCUT2D eigenvalue weighted by Crippen LogP contribution is -2.49. The standard InChI is InChI=1S/C59H66N10O6S/c1-37-41(42-18-20-51(61-54(42)57(73)75-59(2,3)4)69-27-24-39-10-8-12-43(46(39)36-69)55(71)63-58-60-47-13-6-7-15-50(47)76-58)11-9-14-49(37)74-33-32-66-28-30-67(31-29-66)35-38-22-25-68(26-23-38)40-16-17-44-48(34-40)65(5)64-53(44)45-19-21-52(70)62-56(45)72/h6-18,20,34,38,45H,19,21-33,35-36H2,1-5H3,(H,60,63,71)(H,62,70,72). The molecule has 16 nitrogen and oxygen atoms in total. The minimum atomic E-state index is -0.737. The van der Waals surface area contributed by atoms with Crippen molar-refractivity contribution in [2.45, 2.75) is 77.9 Å². The second kappa shape index (κ2) is 21.4. The van der Waals surface area contributed by atoms with E-state index in [1.165, 1.54) is 17.0 Å². The lowest BCUT2D eigenvalue weighted by atomic mass is 9.92. The number of amides is 3. The fourth-order valence-corrected chi connectivity index (χ4v) is 12.2. The van der Waals surface area contributed by atoms with Crippen LogP contribution in [0.5, 0.6) is 5.75 Å². The number of aryl methyl sites for hydroxylation is 1. The van der Waals surface area contributed by atoms with E-state index in [2.05, 4.69) is 59.5 Å². The largest absolute Gasteiger partial charge is 0.492 e. The molecule has 394 valence electrons. The van der Waals surface area contributed by atoms with Crippen LogP contribution in [-0.4, -0.2) is 124 Å². The summed E-state index contributed by atoms with van der Waals surface area (Å²) >= 11 is 1.45. The Labute approximate surface area is 447 Å². The topological polar surface area (TPSA) is 167 Å². The summed E-state index contributed by atoms with van der Waals surface area (Å²) in [5, 5.41) is 11.8. The Morgan fingerprint density at radius 2 is 1.61 bits per heavy atom. The predicted molar refractivity (Wildman–Crippen MR) is 297 cm³/mol. The molecule has 76 heavy (non-hydrogen) atoms. The Hall–Kier alpha value is -7.21. The molecule has 3 amide bonds. The number of aromatic nitrogens is 4. The molecule has 17 heteroatoms. The number of para-hydroxylation sites is 1. The number of nitrogens with one attached hydrogen (secondary N) is 2. The lowest BCUT2D eigenvalue weighted by molar-refractivity contribution is -0.134. The van der Waals surface area contributed by atoms with E-state index in [1.807, 2.05) is 106 Å². The van der Waals surface area contributed by atoms with Crippen LogP contribution in [0.2, 0.25) is 0 Å². The zero-order valence-electron chi connectivity index (χ0n) is 44.1. The van der Waals surface area contributed by atoms with Gasteiger partial charge in [-0.2, -0.15) is 5.10 Å². The summed E-state index contributed by atoms with van der Waals surface area (Å²) in [6.45, 7) is 17.2. The summed E-state index contributed by atoms with van der Waals surface area (Å²) < 4.78 is 15.4. The monoisotopic (exact) mass is 1040 g/mol. The third-order valence-corrected chi connectivity index (χ3v) is 16.4. The normalized spacial score (nSPS) is 18.0. The summed E-state index contributed by atoms with van der Waals surface area (Å²) in [4.78, 5) is 71.7. The number of pyridine rings is 1. The van der Waals surface area contributed by atoms with Gasteiger partial charge in [0.05, 0.1) is 27.3 Å². The Balaban J connectivity index is 0.689. The van der Waals surface area contributed by atoms with E-state index in [0.717, 1.165) is 120 Å². The first-order valence-corrected chi connectivity index (χ1v) is 27.5. The number of piperidine rings is 2. The first-order chi connectivity index (χ1) is 36.7. The zero-order chi connectivity index (χ0) is 52.7. The number of ether oxygens (including phenoxy) is 2. The van der Waals surface area contributed by atoms with Crippen LogP contribution in [0.3, 0.4) is 0 Å². The van der Waals surface area contributed by atoms with E-state index in [-0.39, 0.29) is 23.4 Å². The Morgan fingerprint density at radius 1 is 0.816 bits per heavy atom. The van der Waals surface area contributed by atoms with Crippen LogP contribution in [0.25, 0.3) is 32.2 Å². The molecule has 3 saturated heterocycles. The van der Waals surface area contributed by atoms with Gasteiger partial charge in [0.2, 0.25) is 11.8 Å². The molecular weight excluding hydrogens is 977 g/mol. The fraction of sp³-hybridized carbons (Fsp3) is 0.407. The summed E-state index contributed by atoms with van der Waals surface area (Å²) in [6, 6.07) is 30.0. The average molecular weight is 1040 g/mol. The zero-order valence-corrected chi connectivity index (χ0v) is 44.9. The van der Waals surface area contributed by atoms with Crippen molar-refractivity contribution < 1.29 is 28.7 Å². The van der Waals surface area contributed by atoms with Crippen molar-refractivity contribution in [2.24, 2.45) is 13.0 Å². The summed E-state index contributed by atoms with van der Waals surface area (Å²) in [6.07, 6.45) is 3.81. The van der Waals surface area contributed by atoms with Crippen molar-refractivity contribution in [1.82, 2.24) is 34.9 Å². The van der Waals surface area contributed by atoms with Crippen LogP contribution < -0.4 is 25.2 Å². The van der Waals surface area contributed by atoms with Crippen molar-refractivity contribution >= 4 is 72.8 Å². The molecule has 7 heterocycles. The predicted octanol–water partition coefficient (Wildman–Crippen LogP) is 8.76. The summed E-state index contributed by atoms with van der Waals surface area (Å²) in [5.74, 6) is 0.454. The summed E-state index contributed by atoms with van der Waals surface area (Å²) in [7, 11) is 1.92. The van der Waals surface area contributed by atoms with Crippen molar-refractivity contribution in [1.29, 1.82) is 0 Å². The van der Waals surface area contributed by atoms with E-state index < -0.39 is 17.5 Å². The van der Waals surface area contributed by atoms with Gasteiger partial charge in [-0.05, 0) is 136 Å². The van der Waals surface area contributed by atoms with E-state index >= 15 is 0 Å². The van der Waals surface area contributed by atoms with Crippen molar-refractivity contribution in [3.05, 3.63) is 125 Å². The van der Waals surface area contributed by atoms with Crippen molar-refractivity contribution in [2.75, 3.05) is 80.6 Å². The van der Waals surface area contributed by atoms with E-state index in [1.54, 1.807) is 0 Å². The maximum atomic E-state index is 14.1. The minimum Gasteiger partial charge on any atom is -0.492 e. The van der Waals surface area contributed by atoms with Crippen LogP contribution in [0.4, 0.5) is 16.6 Å². The molecule has 4 aromatic carbocycles. The Kier molecular flexibility index (Phi) is 14.4. The number of carbonyl (C=O) groups excluding carboxylic acids is 4. The second-order valence-electron chi connectivity index (χ2n) is 21.7. The molecule has 0 radical (unpaired) electrons. The highest BCUT2D eigenvalue weighted by molar-refractivity contribution is 7.22. The quantitative estimate of drug-likeness (QED) is 0.0832. The Bertz CT molecular complexity index is 3310. The number of hydrogen-bond acceptors (Lipinski definition) is 14. The average Bonchev–Trinajstić information content (AvgIpc) is 3.99. The number of carbonyl (C=O) groups is 4. The van der Waals surface area contributed by atoms with Gasteiger partial charge in [0, 0.05) is 101 Å². The number of benzene rings is 4. The number of imide groups is 1. The molecule has 0 aliphatic carbocycles. The van der Waals surface area contributed by atoms with Gasteiger partial charge >= 0.3 is 5.97 Å². The number of thiazole rings is 1. The van der Waals surface area contributed by atoms with Gasteiger partial charge in [-0.15, -0.1) is 0 Å². The number of nitrogens with zero attached hydrogens (tertiary/aromatic N) is 8. The molecule has 7 aromatic rings. The van der Waals surface area contributed by atoms with Crippen LogP contribution >= 0.6 is 11.3 Å². The fourth-order valence-electron chi connectivity index (χ4n) is 11.4. The third-order valence-electron chi connectivity index (χ3n) is 15.5. The number of rotatable bonds is 13. The number of fused-ring (bicyclic) bond motifs is 3. The highest BCUT2D eigenvalue weighted by Gasteiger charge is 2.33. The maximum Gasteiger partial charge on any atom is 0.358 e. The van der Waals surface area contributed by atoms with Gasteiger partial charge in [0.15, 0.2) is 10.8 Å². The van der Waals surface area contributed by atoms with Gasteiger partial charge < -0.3 is 24.2 Å². The molecule has 1 unspecified atom stereocenters. The van der Waals surface area contributed by atoms with Gasteiger partial charge in [0.25, 0.3) is 5.91 Å². The van der Waals surface area contributed by atoms with E-state index in [4.69, 9.17) is 19.6 Å². The molecule has 4 aliphatic rings. The van der Waals surface area contributed by atoms with Gasteiger partial charge in [-0.1, -0.05) is 47.7 Å². The van der Waals surface area contributed by atoms with Crippen molar-refractivity contribution in [3.63, 3.8) is 0 Å². The van der Waals surface area contributed by atoms with Gasteiger partial charge in [0.1, 0.15) is 23.8 Å². The molecule has 2 N–H and O–H groups in total. The van der Waals surface area contributed by atoms with Gasteiger partial charge in [-0.25, -0.2) is 14.8 Å². The molecular formula is C59H66N10O6S. The minimum absolute atomic E-state index is 0.209. The molecule has 1 atom stereocenters. The summed E-state index contributed by atoms with van der Waals surface area (Å²) in [5.41, 5.74) is 8.35. The molecule has 3 aromatic heterocycles. The first-order valence-electron chi connectivity index (χ1n) is 26.7. The highest BCUT2D eigenvalue weighted by atomic mass is 32.1. The molecule has 3 fully saturated rings. The third kappa shape index (κ3) is 10.9. The van der Waals surface area contributed by atoms with Crippen LogP contribution in [0.15, 0.2) is 91.0 Å². The molecule has 0 bridgehead atoms. The van der Waals surface area contributed by atoms with Gasteiger partial charge in [-0.3, -0.25) is 34.6 Å². The first kappa shape index (κ1) is 50.9. The van der Waals surface area contributed by atoms with Crippen molar-refractivity contribution in [3.8, 4) is 16.9 Å². The smallest absolute Gasteiger partial charge is 0.358 e. The highest BCUT2D eigenvalue weighted by Crippen LogP contribution is 2.37. The molecule has 0 saturated carbocycles. The SMILES string of the molecule is Cc1c(OCCN2CCN(CC3CCN(c4ccc5c(C6CCC(=O)NC6=O)nn(C)c5c4)CC3)CC2)cccc1-c1ccc(N2CCc3cccc(C(=O)Nc4nc5ccccc5s4)c3C2)nc1C(=O)OC(C)(C)C.